The molecule has 1 saturated heterocycles. The van der Waals surface area contributed by atoms with Crippen molar-refractivity contribution >= 4 is 38.9 Å². The lowest BCUT2D eigenvalue weighted by atomic mass is 9.85. The zero-order valence-electron chi connectivity index (χ0n) is 14.0. The van der Waals surface area contributed by atoms with E-state index < -0.39 is 20.5 Å². The first-order valence-corrected chi connectivity index (χ1v) is 10.2. The zero-order chi connectivity index (χ0) is 19.8. The molecule has 1 aliphatic heterocycles. The Labute approximate surface area is 166 Å². The van der Waals surface area contributed by atoms with Crippen molar-refractivity contribution in [3.05, 3.63) is 68.2 Å². The van der Waals surface area contributed by atoms with Gasteiger partial charge in [0, 0.05) is 35.3 Å². The Kier molecular flexibility index (Phi) is 5.47. The van der Waals surface area contributed by atoms with Crippen LogP contribution in [0.4, 0.5) is 5.69 Å². The summed E-state index contributed by atoms with van der Waals surface area (Å²) >= 11 is 12.0. The van der Waals surface area contributed by atoms with Crippen LogP contribution >= 0.6 is 23.2 Å². The van der Waals surface area contributed by atoms with Gasteiger partial charge in [0.2, 0.25) is 10.0 Å². The van der Waals surface area contributed by atoms with Gasteiger partial charge in [0.1, 0.15) is 0 Å². The van der Waals surface area contributed by atoms with Gasteiger partial charge in [-0.15, -0.1) is 0 Å². The van der Waals surface area contributed by atoms with Crippen LogP contribution in [0.25, 0.3) is 0 Å². The Morgan fingerprint density at radius 3 is 2.04 bits per heavy atom. The maximum atomic E-state index is 12.8. The highest BCUT2D eigenvalue weighted by Gasteiger charge is 2.38. The summed E-state index contributed by atoms with van der Waals surface area (Å²) in [4.78, 5) is 10.1. The molecule has 10 heteroatoms. The summed E-state index contributed by atoms with van der Waals surface area (Å²) in [6, 6.07) is 9.53. The minimum absolute atomic E-state index is 0.0238. The summed E-state index contributed by atoms with van der Waals surface area (Å²) in [5.41, 5.74) is -0.858. The van der Waals surface area contributed by atoms with E-state index in [0.29, 0.717) is 15.6 Å². The molecule has 0 radical (unpaired) electrons. The Morgan fingerprint density at radius 1 is 1.04 bits per heavy atom. The topological polar surface area (TPSA) is 101 Å². The lowest BCUT2D eigenvalue weighted by Crippen LogP contribution is -2.45. The van der Waals surface area contributed by atoms with Crippen LogP contribution in [-0.4, -0.2) is 35.8 Å². The van der Waals surface area contributed by atoms with E-state index in [1.165, 1.54) is 16.4 Å². The standard InChI is InChI=1S/C17H16Cl2N2O5S/c18-13-9-12(10-14(19)11-13)17(22)5-7-20(8-6-17)27(25,26)16-3-1-15(2-4-16)21(23)24/h1-4,9-11,22H,5-8H2. The molecule has 1 aliphatic rings. The number of hydrogen-bond acceptors (Lipinski definition) is 5. The van der Waals surface area contributed by atoms with Gasteiger partial charge in [-0.2, -0.15) is 4.31 Å². The van der Waals surface area contributed by atoms with E-state index in [1.807, 2.05) is 0 Å². The molecular formula is C17H16Cl2N2O5S. The molecule has 0 saturated carbocycles. The number of sulfonamides is 1. The number of nitrogens with zero attached hydrogens (tertiary/aromatic N) is 2. The molecule has 27 heavy (non-hydrogen) atoms. The SMILES string of the molecule is O=[N+]([O-])c1ccc(S(=O)(=O)N2CCC(O)(c3cc(Cl)cc(Cl)c3)CC2)cc1. The van der Waals surface area contributed by atoms with Crippen molar-refractivity contribution in [1.29, 1.82) is 0 Å². The van der Waals surface area contributed by atoms with Crippen molar-refractivity contribution in [3.63, 3.8) is 0 Å². The fourth-order valence-electron chi connectivity index (χ4n) is 3.10. The molecule has 0 aromatic heterocycles. The number of hydrogen-bond donors (Lipinski definition) is 1. The van der Waals surface area contributed by atoms with Crippen molar-refractivity contribution in [2.75, 3.05) is 13.1 Å². The van der Waals surface area contributed by atoms with E-state index >= 15 is 0 Å². The molecule has 2 aromatic rings. The van der Waals surface area contributed by atoms with Gasteiger partial charge in [-0.1, -0.05) is 23.2 Å². The Hall–Kier alpha value is -1.71. The van der Waals surface area contributed by atoms with Gasteiger partial charge < -0.3 is 5.11 Å². The van der Waals surface area contributed by atoms with Gasteiger partial charge >= 0.3 is 0 Å². The molecule has 0 aliphatic carbocycles. The highest BCUT2D eigenvalue weighted by Crippen LogP contribution is 2.37. The zero-order valence-corrected chi connectivity index (χ0v) is 16.3. The van der Waals surface area contributed by atoms with Crippen molar-refractivity contribution in [1.82, 2.24) is 4.31 Å². The minimum Gasteiger partial charge on any atom is -0.385 e. The predicted octanol–water partition coefficient (Wildman–Crippen LogP) is 3.57. The molecule has 0 bridgehead atoms. The van der Waals surface area contributed by atoms with E-state index in [2.05, 4.69) is 0 Å². The van der Waals surface area contributed by atoms with Gasteiger partial charge in [-0.05, 0) is 48.7 Å². The quantitative estimate of drug-likeness (QED) is 0.589. The lowest BCUT2D eigenvalue weighted by Gasteiger charge is -2.38. The fraction of sp³-hybridized carbons (Fsp3) is 0.294. The van der Waals surface area contributed by atoms with Gasteiger partial charge in [-0.25, -0.2) is 8.42 Å². The Bertz CT molecular complexity index is 951. The normalized spacial score (nSPS) is 17.6. The van der Waals surface area contributed by atoms with E-state index in [1.54, 1.807) is 18.2 Å². The second kappa shape index (κ2) is 7.37. The minimum atomic E-state index is -3.81. The smallest absolute Gasteiger partial charge is 0.269 e. The highest BCUT2D eigenvalue weighted by atomic mass is 35.5. The van der Waals surface area contributed by atoms with Crippen LogP contribution in [0.2, 0.25) is 10.0 Å². The van der Waals surface area contributed by atoms with Crippen molar-refractivity contribution in [3.8, 4) is 0 Å². The van der Waals surface area contributed by atoms with E-state index in [4.69, 9.17) is 23.2 Å². The highest BCUT2D eigenvalue weighted by molar-refractivity contribution is 7.89. The summed E-state index contributed by atoms with van der Waals surface area (Å²) in [7, 11) is -3.81. The third-order valence-corrected chi connectivity index (χ3v) is 6.98. The van der Waals surface area contributed by atoms with Crippen LogP contribution in [0.15, 0.2) is 47.4 Å². The van der Waals surface area contributed by atoms with Crippen LogP contribution < -0.4 is 0 Å². The van der Waals surface area contributed by atoms with E-state index in [9.17, 15) is 23.6 Å². The summed E-state index contributed by atoms with van der Waals surface area (Å²) in [6.07, 6.45) is 0.353. The van der Waals surface area contributed by atoms with Gasteiger partial charge in [0.05, 0.1) is 15.4 Å². The molecule has 144 valence electrons. The van der Waals surface area contributed by atoms with Crippen LogP contribution in [0.3, 0.4) is 0 Å². The van der Waals surface area contributed by atoms with Crippen LogP contribution in [0.1, 0.15) is 18.4 Å². The second-order valence-corrected chi connectivity index (χ2v) is 9.16. The van der Waals surface area contributed by atoms with Gasteiger partial charge in [0.25, 0.3) is 5.69 Å². The van der Waals surface area contributed by atoms with Crippen LogP contribution in [0.5, 0.6) is 0 Å². The van der Waals surface area contributed by atoms with E-state index in [0.717, 1.165) is 12.1 Å². The summed E-state index contributed by atoms with van der Waals surface area (Å²) in [5.74, 6) is 0. The maximum absolute atomic E-state index is 12.8. The maximum Gasteiger partial charge on any atom is 0.269 e. The number of nitro groups is 1. The third kappa shape index (κ3) is 4.09. The molecule has 1 heterocycles. The third-order valence-electron chi connectivity index (χ3n) is 4.63. The lowest BCUT2D eigenvalue weighted by molar-refractivity contribution is -0.384. The molecule has 0 spiro atoms. The van der Waals surface area contributed by atoms with Gasteiger partial charge in [-0.3, -0.25) is 10.1 Å². The van der Waals surface area contributed by atoms with Crippen LogP contribution in [-0.2, 0) is 15.6 Å². The average Bonchev–Trinajstić information content (AvgIpc) is 2.61. The first-order valence-electron chi connectivity index (χ1n) is 8.05. The Morgan fingerprint density at radius 2 is 1.56 bits per heavy atom. The summed E-state index contributed by atoms with van der Waals surface area (Å²) in [6.45, 7) is 0.194. The summed E-state index contributed by atoms with van der Waals surface area (Å²) in [5, 5.41) is 22.4. The first-order chi connectivity index (χ1) is 12.6. The van der Waals surface area contributed by atoms with Crippen molar-refractivity contribution in [2.24, 2.45) is 0 Å². The van der Waals surface area contributed by atoms with Gasteiger partial charge in [0.15, 0.2) is 0 Å². The van der Waals surface area contributed by atoms with Crippen molar-refractivity contribution in [2.45, 2.75) is 23.3 Å². The Balaban J connectivity index is 1.78. The number of piperidine rings is 1. The number of halogens is 2. The number of nitro benzene ring substituents is 1. The molecule has 0 unspecified atom stereocenters. The van der Waals surface area contributed by atoms with Crippen LogP contribution in [0, 0.1) is 10.1 Å². The molecule has 0 atom stereocenters. The molecule has 3 rings (SSSR count). The number of aliphatic hydroxyl groups is 1. The number of rotatable bonds is 4. The first kappa shape index (κ1) is 20.0. The molecule has 1 N–H and O–H groups in total. The molecule has 1 fully saturated rings. The molecule has 0 amide bonds. The van der Waals surface area contributed by atoms with Crippen molar-refractivity contribution < 1.29 is 18.4 Å². The largest absolute Gasteiger partial charge is 0.385 e. The summed E-state index contributed by atoms with van der Waals surface area (Å²) < 4.78 is 26.8. The molecular weight excluding hydrogens is 415 g/mol. The average molecular weight is 431 g/mol. The second-order valence-electron chi connectivity index (χ2n) is 6.34. The molecule has 2 aromatic carbocycles. The predicted molar refractivity (Wildman–Crippen MR) is 101 cm³/mol. The molecule has 7 nitrogen and oxygen atoms in total. The fourth-order valence-corrected chi connectivity index (χ4v) is 5.06. The van der Waals surface area contributed by atoms with E-state index in [-0.39, 0.29) is 36.5 Å². The number of benzene rings is 2. The monoisotopic (exact) mass is 430 g/mol. The number of non-ortho nitro benzene ring substituents is 1.